The molecule has 0 aromatic carbocycles. The van der Waals surface area contributed by atoms with Crippen LogP contribution in [-0.2, 0) is 6.54 Å². The molecule has 0 aliphatic rings. The highest BCUT2D eigenvalue weighted by atomic mass is 35.5. The van der Waals surface area contributed by atoms with Crippen molar-refractivity contribution in [2.24, 2.45) is 0 Å². The number of carbonyl (C=O) groups is 1. The number of anilines is 1. The van der Waals surface area contributed by atoms with E-state index in [1.54, 1.807) is 12.4 Å². The van der Waals surface area contributed by atoms with E-state index < -0.39 is 0 Å². The van der Waals surface area contributed by atoms with E-state index in [0.29, 0.717) is 22.8 Å². The number of carbonyl (C=O) groups excluding carboxylic acids is 1. The second kappa shape index (κ2) is 5.05. The van der Waals surface area contributed by atoms with Crippen molar-refractivity contribution in [2.75, 3.05) is 5.32 Å². The zero-order valence-electron chi connectivity index (χ0n) is 8.18. The van der Waals surface area contributed by atoms with Crippen molar-refractivity contribution in [3.05, 3.63) is 40.1 Å². The molecule has 16 heavy (non-hydrogen) atoms. The molecule has 0 unspecified atom stereocenters. The van der Waals surface area contributed by atoms with Crippen molar-refractivity contribution in [2.45, 2.75) is 6.54 Å². The number of nitrogens with zero attached hydrogens (tertiary/aromatic N) is 2. The molecule has 0 saturated heterocycles. The fourth-order valence-corrected chi connectivity index (χ4v) is 2.10. The number of aromatic nitrogens is 2. The molecule has 0 aliphatic carbocycles. The number of halogens is 1. The Morgan fingerprint density at radius 2 is 2.19 bits per heavy atom. The molecule has 2 heterocycles. The van der Waals surface area contributed by atoms with Gasteiger partial charge >= 0.3 is 0 Å². The highest BCUT2D eigenvalue weighted by Gasteiger charge is 2.07. The molecule has 2 rings (SSSR count). The van der Waals surface area contributed by atoms with E-state index in [1.165, 1.54) is 11.3 Å². The Morgan fingerprint density at radius 1 is 1.44 bits per heavy atom. The smallest absolute Gasteiger partial charge is 0.185 e. The third-order valence-corrected chi connectivity index (χ3v) is 3.25. The van der Waals surface area contributed by atoms with E-state index in [1.807, 2.05) is 12.1 Å². The molecule has 2 aromatic heterocycles. The number of rotatable bonds is 4. The predicted molar refractivity (Wildman–Crippen MR) is 64.1 cm³/mol. The molecule has 82 valence electrons. The Balaban J connectivity index is 2.02. The molecule has 0 amide bonds. The Morgan fingerprint density at radius 3 is 2.81 bits per heavy atom. The minimum absolute atomic E-state index is 0.247. The topological polar surface area (TPSA) is 54.9 Å². The third kappa shape index (κ3) is 2.56. The second-order valence-electron chi connectivity index (χ2n) is 3.00. The van der Waals surface area contributed by atoms with Crippen LogP contribution in [0.5, 0.6) is 0 Å². The van der Waals surface area contributed by atoms with Crippen LogP contribution in [0.1, 0.15) is 15.2 Å². The number of aldehydes is 1. The molecule has 2 aromatic rings. The van der Waals surface area contributed by atoms with Gasteiger partial charge in [0.1, 0.15) is 4.88 Å². The lowest BCUT2D eigenvalue weighted by Crippen LogP contribution is -1.98. The summed E-state index contributed by atoms with van der Waals surface area (Å²) in [6, 6.07) is 3.81. The first-order valence-corrected chi connectivity index (χ1v) is 5.73. The van der Waals surface area contributed by atoms with Crippen molar-refractivity contribution < 1.29 is 4.79 Å². The van der Waals surface area contributed by atoms with Crippen LogP contribution in [0.15, 0.2) is 24.5 Å². The van der Waals surface area contributed by atoms with Crippen LogP contribution in [0, 0.1) is 0 Å². The zero-order valence-corrected chi connectivity index (χ0v) is 9.76. The lowest BCUT2D eigenvalue weighted by atomic mass is 10.3. The first-order valence-electron chi connectivity index (χ1n) is 4.54. The van der Waals surface area contributed by atoms with Crippen molar-refractivity contribution in [3.63, 3.8) is 0 Å². The lowest BCUT2D eigenvalue weighted by Gasteiger charge is -2.01. The van der Waals surface area contributed by atoms with Crippen LogP contribution in [-0.4, -0.2) is 16.3 Å². The van der Waals surface area contributed by atoms with Gasteiger partial charge in [-0.05, 0) is 17.7 Å². The highest BCUT2D eigenvalue weighted by Crippen LogP contribution is 2.25. The number of hydrogen-bond donors (Lipinski definition) is 1. The summed E-state index contributed by atoms with van der Waals surface area (Å²) in [6.45, 7) is 0.630. The molecular weight excluding hydrogens is 246 g/mol. The maximum atomic E-state index is 10.6. The van der Waals surface area contributed by atoms with E-state index in [2.05, 4.69) is 15.3 Å². The number of nitrogens with one attached hydrogen (secondary N) is 1. The summed E-state index contributed by atoms with van der Waals surface area (Å²) in [7, 11) is 0. The van der Waals surface area contributed by atoms with Crippen LogP contribution in [0.25, 0.3) is 0 Å². The van der Waals surface area contributed by atoms with E-state index in [-0.39, 0.29) is 5.15 Å². The van der Waals surface area contributed by atoms with Gasteiger partial charge in [-0.25, -0.2) is 4.98 Å². The normalized spacial score (nSPS) is 10.1. The highest BCUT2D eigenvalue weighted by molar-refractivity contribution is 7.17. The van der Waals surface area contributed by atoms with E-state index in [4.69, 9.17) is 11.6 Å². The molecule has 4 nitrogen and oxygen atoms in total. The number of thiazole rings is 1. The lowest BCUT2D eigenvalue weighted by molar-refractivity contribution is 0.112. The van der Waals surface area contributed by atoms with Gasteiger partial charge in [0.05, 0.1) is 0 Å². The first kappa shape index (κ1) is 11.0. The Kier molecular flexibility index (Phi) is 3.48. The summed E-state index contributed by atoms with van der Waals surface area (Å²) in [4.78, 5) is 19.0. The second-order valence-corrected chi connectivity index (χ2v) is 4.39. The maximum absolute atomic E-state index is 10.6. The molecule has 0 atom stereocenters. The molecule has 0 radical (unpaired) electrons. The Bertz CT molecular complexity index is 486. The fourth-order valence-electron chi connectivity index (χ4n) is 1.14. The molecule has 0 fully saturated rings. The molecule has 1 N–H and O–H groups in total. The summed E-state index contributed by atoms with van der Waals surface area (Å²) in [6.07, 6.45) is 4.16. The van der Waals surface area contributed by atoms with E-state index in [9.17, 15) is 4.79 Å². The Hall–Kier alpha value is -1.46. The molecule has 0 spiro atoms. The summed E-state index contributed by atoms with van der Waals surface area (Å²) < 4.78 is 0. The van der Waals surface area contributed by atoms with Crippen molar-refractivity contribution >= 4 is 34.4 Å². The van der Waals surface area contributed by atoms with Crippen LogP contribution < -0.4 is 5.32 Å². The third-order valence-electron chi connectivity index (χ3n) is 1.91. The maximum Gasteiger partial charge on any atom is 0.185 e. The molecule has 0 aliphatic heterocycles. The molecule has 0 saturated carbocycles. The van der Waals surface area contributed by atoms with Gasteiger partial charge in [-0.3, -0.25) is 9.78 Å². The van der Waals surface area contributed by atoms with Crippen LogP contribution in [0.3, 0.4) is 0 Å². The quantitative estimate of drug-likeness (QED) is 0.851. The van der Waals surface area contributed by atoms with Crippen molar-refractivity contribution in [1.29, 1.82) is 0 Å². The molecule has 6 heteroatoms. The average molecular weight is 254 g/mol. The monoisotopic (exact) mass is 253 g/mol. The van der Waals surface area contributed by atoms with Crippen molar-refractivity contribution in [3.8, 4) is 0 Å². The van der Waals surface area contributed by atoms with Crippen LogP contribution in [0.4, 0.5) is 5.13 Å². The summed E-state index contributed by atoms with van der Waals surface area (Å²) in [5.41, 5.74) is 1.09. The molecular formula is C10H8ClN3OS. The summed E-state index contributed by atoms with van der Waals surface area (Å²) >= 11 is 6.99. The number of pyridine rings is 1. The minimum Gasteiger partial charge on any atom is -0.357 e. The van der Waals surface area contributed by atoms with Gasteiger partial charge < -0.3 is 5.32 Å². The standard InChI is InChI=1S/C10H8ClN3OS/c11-9-8(6-15)16-10(14-9)13-5-7-1-3-12-4-2-7/h1-4,6H,5H2,(H,13,14). The van der Waals surface area contributed by atoms with Gasteiger partial charge in [0, 0.05) is 18.9 Å². The van der Waals surface area contributed by atoms with Gasteiger partial charge in [0.25, 0.3) is 0 Å². The van der Waals surface area contributed by atoms with Crippen LogP contribution >= 0.6 is 22.9 Å². The zero-order chi connectivity index (χ0) is 11.4. The van der Waals surface area contributed by atoms with Gasteiger partial charge in [0.2, 0.25) is 0 Å². The van der Waals surface area contributed by atoms with Gasteiger partial charge in [0.15, 0.2) is 16.6 Å². The van der Waals surface area contributed by atoms with Crippen molar-refractivity contribution in [1.82, 2.24) is 9.97 Å². The minimum atomic E-state index is 0.247. The van der Waals surface area contributed by atoms with Crippen LogP contribution in [0.2, 0.25) is 5.15 Å². The Labute approximate surface area is 101 Å². The SMILES string of the molecule is O=Cc1sc(NCc2ccncc2)nc1Cl. The largest absolute Gasteiger partial charge is 0.357 e. The first-order chi connectivity index (χ1) is 7.79. The summed E-state index contributed by atoms with van der Waals surface area (Å²) in [5.74, 6) is 0. The van der Waals surface area contributed by atoms with E-state index in [0.717, 1.165) is 5.56 Å². The summed E-state index contributed by atoms with van der Waals surface area (Å²) in [5, 5.41) is 3.98. The number of hydrogen-bond acceptors (Lipinski definition) is 5. The fraction of sp³-hybridized carbons (Fsp3) is 0.100. The van der Waals surface area contributed by atoms with Gasteiger partial charge in [-0.2, -0.15) is 0 Å². The average Bonchev–Trinajstić information content (AvgIpc) is 2.69. The predicted octanol–water partition coefficient (Wildman–Crippen LogP) is 2.62. The molecule has 0 bridgehead atoms. The van der Waals surface area contributed by atoms with E-state index >= 15 is 0 Å². The van der Waals surface area contributed by atoms with Gasteiger partial charge in [-0.15, -0.1) is 0 Å². The van der Waals surface area contributed by atoms with Gasteiger partial charge in [-0.1, -0.05) is 22.9 Å².